The number of amides is 4. The molecule has 6 aromatic heterocycles. The molecule has 4 N–H and O–H groups in total. The molecule has 0 saturated carbocycles. The maximum Gasteiger partial charge on any atom is 0.433 e. The minimum absolute atomic E-state index is 0.0983. The third kappa shape index (κ3) is 12.6. The Morgan fingerprint density at radius 2 is 1.32 bits per heavy atom. The normalized spacial score (nSPS) is 11.4. The fraction of sp³-hybridized carbons (Fsp3) is 0.164. The lowest BCUT2D eigenvalue weighted by Gasteiger charge is -2.18. The SMILES string of the molecule is Cc1cc(F)c(NC(=O)c2ccnc(C(C)(C)C#N)c2)cc1-c1cc(CN(C)CC(=O)Nc2cc(-c3cncc(-c4cc(NC(=O)c5ccnc(C(F)(F)F)c5)ccc4C)n3)ccn2)nc(-c2ccnc(NC=O)c2)c1. The Morgan fingerprint density at radius 1 is 0.671 bits per heavy atom. The van der Waals surface area contributed by atoms with Crippen LogP contribution in [0.1, 0.15) is 62.8 Å². The van der Waals surface area contributed by atoms with Crippen molar-refractivity contribution in [3.8, 4) is 51.0 Å². The number of carbonyl (C=O) groups is 4. The molecule has 0 fully saturated rings. The van der Waals surface area contributed by atoms with Gasteiger partial charge in [-0.25, -0.2) is 19.3 Å². The van der Waals surface area contributed by atoms with Crippen LogP contribution >= 0.6 is 0 Å². The Labute approximate surface area is 432 Å². The molecule has 0 saturated heterocycles. The van der Waals surface area contributed by atoms with Gasteiger partial charge in [-0.15, -0.1) is 0 Å². The predicted octanol–water partition coefficient (Wildman–Crippen LogP) is 9.84. The molecule has 4 amide bonds. The zero-order valence-electron chi connectivity index (χ0n) is 41.3. The maximum absolute atomic E-state index is 15.6. The highest BCUT2D eigenvalue weighted by Gasteiger charge is 2.33. The number of benzene rings is 2. The van der Waals surface area contributed by atoms with Gasteiger partial charge < -0.3 is 21.3 Å². The number of alkyl halides is 3. The number of nitriles is 1. The van der Waals surface area contributed by atoms with Crippen molar-refractivity contribution in [3.63, 3.8) is 0 Å². The van der Waals surface area contributed by atoms with Gasteiger partial charge in [-0.2, -0.15) is 18.4 Å². The number of halogens is 4. The lowest BCUT2D eigenvalue weighted by atomic mass is 9.90. The number of nitrogens with one attached hydrogen (secondary N) is 4. The average Bonchev–Trinajstić information content (AvgIpc) is 3.40. The van der Waals surface area contributed by atoms with Crippen LogP contribution in [0.5, 0.6) is 0 Å². The topological polar surface area (TPSA) is 234 Å². The summed E-state index contributed by atoms with van der Waals surface area (Å²) < 4.78 is 55.4. The van der Waals surface area contributed by atoms with Crippen molar-refractivity contribution >= 4 is 47.1 Å². The number of anilines is 4. The molecule has 8 aromatic rings. The first-order valence-corrected chi connectivity index (χ1v) is 23.2. The number of nitrogens with zero attached hydrogens (tertiary/aromatic N) is 9. The molecule has 21 heteroatoms. The molecule has 0 aliphatic rings. The highest BCUT2D eigenvalue weighted by atomic mass is 19.4. The molecular formula is C55H45F4N13O4. The molecule has 0 atom stereocenters. The van der Waals surface area contributed by atoms with E-state index >= 15 is 4.39 Å². The minimum atomic E-state index is -4.72. The molecule has 0 aliphatic heterocycles. The van der Waals surface area contributed by atoms with E-state index in [0.717, 1.165) is 11.8 Å². The smallest absolute Gasteiger partial charge is 0.322 e. The first-order valence-electron chi connectivity index (χ1n) is 23.2. The molecule has 17 nitrogen and oxygen atoms in total. The standard InChI is InChI=1S/C55H45F4N13O4/c1-31-6-7-38(68-52(75)36-11-13-63-48(20-36)55(57,58)59)23-41(31)46-26-61-25-45(69-46)34-9-15-65-50(22-34)71-51(74)28-72(5)27-39-17-37(18-43(67-39)33-8-14-64-49(21-33)66-30-73)40-24-44(42(56)16-32(40)2)70-53(76)35-10-12-62-47(19-35)54(3,4)29-60/h6-26,30H,27-28H2,1-5H3,(H,68,75)(H,70,76)(H,64,66,73)(H,65,71,74). The summed E-state index contributed by atoms with van der Waals surface area (Å²) in [7, 11) is 1.72. The first kappa shape index (κ1) is 52.6. The summed E-state index contributed by atoms with van der Waals surface area (Å²) in [5.74, 6) is -1.97. The Balaban J connectivity index is 0.993. The van der Waals surface area contributed by atoms with Gasteiger partial charge in [-0.3, -0.25) is 44.0 Å². The number of pyridine rings is 5. The molecular weight excluding hydrogens is 983 g/mol. The number of hydrogen-bond donors (Lipinski definition) is 4. The quantitative estimate of drug-likeness (QED) is 0.0522. The second-order valence-electron chi connectivity index (χ2n) is 18.0. The van der Waals surface area contributed by atoms with Crippen molar-refractivity contribution in [2.45, 2.75) is 45.8 Å². The Kier molecular flexibility index (Phi) is 15.4. The Hall–Kier alpha value is -9.68. The molecule has 0 spiro atoms. The van der Waals surface area contributed by atoms with Crippen LogP contribution in [-0.4, -0.2) is 77.5 Å². The van der Waals surface area contributed by atoms with Crippen molar-refractivity contribution in [1.29, 1.82) is 5.26 Å². The number of likely N-dealkylation sites (N-methyl/N-ethyl adjacent to an activating group) is 1. The first-order chi connectivity index (χ1) is 36.3. The summed E-state index contributed by atoms with van der Waals surface area (Å²) in [6.45, 7) is 6.93. The maximum atomic E-state index is 15.6. The highest BCUT2D eigenvalue weighted by Crippen LogP contribution is 2.34. The van der Waals surface area contributed by atoms with Gasteiger partial charge in [-0.05, 0) is 142 Å². The number of rotatable bonds is 16. The highest BCUT2D eigenvalue weighted by molar-refractivity contribution is 6.05. The fourth-order valence-electron chi connectivity index (χ4n) is 7.90. The summed E-state index contributed by atoms with van der Waals surface area (Å²) in [6.07, 6.45) is 4.18. The second kappa shape index (κ2) is 22.2. The minimum Gasteiger partial charge on any atom is -0.322 e. The third-order valence-corrected chi connectivity index (χ3v) is 11.8. The zero-order valence-corrected chi connectivity index (χ0v) is 41.3. The fourth-order valence-corrected chi connectivity index (χ4v) is 7.90. The van der Waals surface area contributed by atoms with Gasteiger partial charge in [0.15, 0.2) is 0 Å². The molecule has 0 aliphatic carbocycles. The van der Waals surface area contributed by atoms with Crippen LogP contribution in [0.2, 0.25) is 0 Å². The van der Waals surface area contributed by atoms with Crippen LogP contribution in [0, 0.1) is 31.0 Å². The van der Waals surface area contributed by atoms with E-state index in [-0.39, 0.29) is 41.5 Å². The number of aryl methyl sites for hydroxylation is 2. The molecule has 0 bridgehead atoms. The summed E-state index contributed by atoms with van der Waals surface area (Å²) in [5, 5.41) is 20.3. The van der Waals surface area contributed by atoms with Crippen molar-refractivity contribution in [2.75, 3.05) is 34.9 Å². The van der Waals surface area contributed by atoms with Crippen LogP contribution in [0.4, 0.5) is 40.6 Å². The molecule has 382 valence electrons. The monoisotopic (exact) mass is 1030 g/mol. The summed E-state index contributed by atoms with van der Waals surface area (Å²) >= 11 is 0. The van der Waals surface area contributed by atoms with E-state index in [1.165, 1.54) is 61.3 Å². The van der Waals surface area contributed by atoms with E-state index in [1.807, 2.05) is 6.92 Å². The summed E-state index contributed by atoms with van der Waals surface area (Å²) in [6, 6.07) is 25.0. The molecule has 0 radical (unpaired) electrons. The summed E-state index contributed by atoms with van der Waals surface area (Å²) in [4.78, 5) is 83.3. The van der Waals surface area contributed by atoms with E-state index in [9.17, 15) is 37.6 Å². The van der Waals surface area contributed by atoms with Crippen LogP contribution < -0.4 is 21.3 Å². The van der Waals surface area contributed by atoms with Crippen LogP contribution in [0.15, 0.2) is 128 Å². The number of hydrogen-bond acceptors (Lipinski definition) is 13. The zero-order chi connectivity index (χ0) is 54.3. The van der Waals surface area contributed by atoms with Crippen molar-refractivity contribution in [2.24, 2.45) is 0 Å². The number of aromatic nitrogens is 7. The molecule has 76 heavy (non-hydrogen) atoms. The Morgan fingerprint density at radius 3 is 2.03 bits per heavy atom. The lowest BCUT2D eigenvalue weighted by Crippen LogP contribution is -2.30. The van der Waals surface area contributed by atoms with E-state index in [1.54, 1.807) is 87.3 Å². The van der Waals surface area contributed by atoms with Gasteiger partial charge in [-0.1, -0.05) is 6.07 Å². The number of carbonyl (C=O) groups excluding carboxylic acids is 4. The van der Waals surface area contributed by atoms with E-state index in [2.05, 4.69) is 52.3 Å². The molecule has 2 aromatic carbocycles. The largest absolute Gasteiger partial charge is 0.433 e. The summed E-state index contributed by atoms with van der Waals surface area (Å²) in [5.41, 5.74) is 4.45. The van der Waals surface area contributed by atoms with E-state index in [0.29, 0.717) is 80.0 Å². The van der Waals surface area contributed by atoms with Crippen molar-refractivity contribution in [3.05, 3.63) is 173 Å². The van der Waals surface area contributed by atoms with Crippen molar-refractivity contribution in [1.82, 2.24) is 39.8 Å². The lowest BCUT2D eigenvalue weighted by molar-refractivity contribution is -0.141. The predicted molar refractivity (Wildman–Crippen MR) is 276 cm³/mol. The van der Waals surface area contributed by atoms with E-state index in [4.69, 9.17) is 9.97 Å². The second-order valence-corrected chi connectivity index (χ2v) is 18.0. The molecule has 6 heterocycles. The van der Waals surface area contributed by atoms with Crippen molar-refractivity contribution < 1.29 is 36.7 Å². The third-order valence-electron chi connectivity index (χ3n) is 11.8. The van der Waals surface area contributed by atoms with Gasteiger partial charge in [0.2, 0.25) is 12.3 Å². The molecule has 8 rings (SSSR count). The van der Waals surface area contributed by atoms with Crippen LogP contribution in [0.25, 0.3) is 44.9 Å². The molecule has 0 unspecified atom stereocenters. The van der Waals surface area contributed by atoms with E-state index < -0.39 is 40.8 Å². The van der Waals surface area contributed by atoms with Gasteiger partial charge in [0, 0.05) is 64.8 Å². The van der Waals surface area contributed by atoms with Gasteiger partial charge in [0.1, 0.15) is 23.1 Å². The van der Waals surface area contributed by atoms with Gasteiger partial charge >= 0.3 is 6.18 Å². The van der Waals surface area contributed by atoms with Gasteiger partial charge in [0.05, 0.1) is 64.6 Å². The average molecular weight is 1030 g/mol. The van der Waals surface area contributed by atoms with Crippen LogP contribution in [0.3, 0.4) is 0 Å². The Bertz CT molecular complexity index is 3600. The van der Waals surface area contributed by atoms with Gasteiger partial charge in [0.25, 0.3) is 11.8 Å². The van der Waals surface area contributed by atoms with Crippen LogP contribution in [-0.2, 0) is 27.7 Å².